The van der Waals surface area contributed by atoms with Crippen LogP contribution in [0.25, 0.3) is 11.3 Å². The minimum absolute atomic E-state index is 0.0380. The summed E-state index contributed by atoms with van der Waals surface area (Å²) in [6.07, 6.45) is 0.296. The number of rotatable bonds is 19. The molecule has 4 aromatic rings. The Morgan fingerprint density at radius 1 is 0.883 bits per heavy atom. The Bertz CT molecular complexity index is 2040. The van der Waals surface area contributed by atoms with Crippen molar-refractivity contribution in [1.29, 1.82) is 0 Å². The van der Waals surface area contributed by atoms with Gasteiger partial charge in [-0.25, -0.2) is 9.59 Å². The lowest BCUT2D eigenvalue weighted by Gasteiger charge is -2.39. The van der Waals surface area contributed by atoms with Gasteiger partial charge in [0.15, 0.2) is 0 Å². The second-order valence-electron chi connectivity index (χ2n) is 17.6. The monoisotopic (exact) mass is 820 g/mol. The molecule has 2 heterocycles. The Hall–Kier alpha value is -5.95. The van der Waals surface area contributed by atoms with Crippen molar-refractivity contribution in [3.05, 3.63) is 120 Å². The summed E-state index contributed by atoms with van der Waals surface area (Å²) in [7, 11) is 1.59. The lowest BCUT2D eigenvalue weighted by molar-refractivity contribution is -0.132. The van der Waals surface area contributed by atoms with Crippen LogP contribution in [0.4, 0.5) is 9.59 Å². The highest BCUT2D eigenvalue weighted by molar-refractivity contribution is 5.84. The third kappa shape index (κ3) is 13.0. The Labute approximate surface area is 353 Å². The average Bonchev–Trinajstić information content (AvgIpc) is 3.55. The highest BCUT2D eigenvalue weighted by Crippen LogP contribution is 2.35. The summed E-state index contributed by atoms with van der Waals surface area (Å²) in [6, 6.07) is 28.6. The first kappa shape index (κ1) is 45.1. The van der Waals surface area contributed by atoms with Crippen LogP contribution in [0, 0.1) is 16.7 Å². The van der Waals surface area contributed by atoms with E-state index in [1.165, 1.54) is 0 Å². The van der Waals surface area contributed by atoms with E-state index in [-0.39, 0.29) is 50.3 Å². The van der Waals surface area contributed by atoms with E-state index in [0.29, 0.717) is 18.6 Å². The van der Waals surface area contributed by atoms with Crippen LogP contribution in [-0.4, -0.2) is 88.5 Å². The number of methoxy groups -OCH3 is 1. The topological polar surface area (TPSA) is 182 Å². The number of aliphatic hydroxyl groups excluding tert-OH is 1. The molecule has 13 heteroatoms. The van der Waals surface area contributed by atoms with Crippen LogP contribution >= 0.6 is 0 Å². The van der Waals surface area contributed by atoms with Crippen LogP contribution in [0.3, 0.4) is 0 Å². The molecule has 0 spiro atoms. The maximum absolute atomic E-state index is 14.7. The summed E-state index contributed by atoms with van der Waals surface area (Å²) in [6.45, 7) is 10.2. The van der Waals surface area contributed by atoms with Crippen molar-refractivity contribution in [2.75, 3.05) is 20.2 Å². The minimum atomic E-state index is -1.17. The lowest BCUT2D eigenvalue weighted by Crippen LogP contribution is -2.56. The second-order valence-corrected chi connectivity index (χ2v) is 17.6. The number of nitrogens with zero attached hydrogens (tertiary/aromatic N) is 2. The van der Waals surface area contributed by atoms with E-state index in [0.717, 1.165) is 27.9 Å². The summed E-state index contributed by atoms with van der Waals surface area (Å²) in [4.78, 5) is 59.1. The number of ether oxygens (including phenoxy) is 1. The molecule has 3 aromatic carbocycles. The molecule has 13 nitrogen and oxygen atoms in total. The van der Waals surface area contributed by atoms with E-state index < -0.39 is 47.1 Å². The first-order valence-electron chi connectivity index (χ1n) is 20.5. The molecule has 0 saturated carbocycles. The molecule has 60 heavy (non-hydrogen) atoms. The molecule has 1 aliphatic rings. The molecule has 5 rings (SSSR count). The van der Waals surface area contributed by atoms with Gasteiger partial charge in [-0.05, 0) is 71.0 Å². The van der Waals surface area contributed by atoms with Crippen molar-refractivity contribution in [1.82, 2.24) is 31.2 Å². The molecule has 5 atom stereocenters. The molecule has 0 aliphatic carbocycles. The maximum Gasteiger partial charge on any atom is 0.404 e. The van der Waals surface area contributed by atoms with Crippen molar-refractivity contribution >= 4 is 23.9 Å². The van der Waals surface area contributed by atoms with Gasteiger partial charge in [-0.2, -0.15) is 0 Å². The van der Waals surface area contributed by atoms with Crippen LogP contribution in [0.2, 0.25) is 0 Å². The van der Waals surface area contributed by atoms with Gasteiger partial charge < -0.3 is 41.1 Å². The summed E-state index contributed by atoms with van der Waals surface area (Å²) >= 11 is 0. The van der Waals surface area contributed by atoms with E-state index in [1.54, 1.807) is 18.2 Å². The fourth-order valence-corrected chi connectivity index (χ4v) is 7.95. The van der Waals surface area contributed by atoms with Crippen LogP contribution in [0.1, 0.15) is 64.2 Å². The summed E-state index contributed by atoms with van der Waals surface area (Å²) in [5, 5.41) is 33.1. The molecule has 1 aliphatic heterocycles. The molecule has 5 unspecified atom stereocenters. The standard InChI is InChI=1S/C47H60N6O7/c1-46(2,3)42(39-28-49-44(57)53(39)29-33-15-12-16-36(24-33)60-6)43(56)52-38(25-31-13-8-7-9-14-31)40(54)26-35(51-41(55)27-47(4,5)30-50-45(58)59)23-32-18-20-34(21-19-32)37-17-10-11-22-48-37/h7-22,24,35,38-40,42,50,54H,23,25-30H2,1-6H3,(H,49,57)(H,51,55)(H,52,56)(H,58,59). The quantitative estimate of drug-likeness (QED) is 0.0647. The fourth-order valence-electron chi connectivity index (χ4n) is 7.95. The number of amides is 5. The zero-order chi connectivity index (χ0) is 43.5. The predicted octanol–water partition coefficient (Wildman–Crippen LogP) is 6.20. The molecule has 6 N–H and O–H groups in total. The van der Waals surface area contributed by atoms with E-state index in [4.69, 9.17) is 4.74 Å². The van der Waals surface area contributed by atoms with Gasteiger partial charge in [0.05, 0.1) is 36.9 Å². The SMILES string of the molecule is COc1cccc(CN2C(=O)NCC2C(C(=O)NC(Cc2ccccc2)C(O)CC(Cc2ccc(-c3ccccn3)cc2)NC(=O)CC(C)(C)CNC(=O)O)C(C)(C)C)c1. The number of carbonyl (C=O) groups is 4. The normalized spacial score (nSPS) is 16.2. The van der Waals surface area contributed by atoms with Crippen LogP contribution in [0.15, 0.2) is 103 Å². The van der Waals surface area contributed by atoms with Crippen molar-refractivity contribution in [2.45, 2.75) is 91.1 Å². The number of hydrogen-bond donors (Lipinski definition) is 6. The summed E-state index contributed by atoms with van der Waals surface area (Å²) in [5.41, 5.74) is 3.19. The largest absolute Gasteiger partial charge is 0.497 e. The average molecular weight is 821 g/mol. The number of pyridine rings is 1. The zero-order valence-corrected chi connectivity index (χ0v) is 35.5. The highest BCUT2D eigenvalue weighted by atomic mass is 16.5. The number of urea groups is 1. The number of carbonyl (C=O) groups excluding carboxylic acids is 3. The highest BCUT2D eigenvalue weighted by Gasteiger charge is 2.46. The number of carboxylic acid groups (broad SMARTS) is 1. The Kier molecular flexibility index (Phi) is 15.3. The lowest BCUT2D eigenvalue weighted by atomic mass is 9.75. The number of aliphatic hydroxyl groups is 1. The molecule has 0 bridgehead atoms. The molecule has 1 aromatic heterocycles. The van der Waals surface area contributed by atoms with E-state index in [9.17, 15) is 29.4 Å². The van der Waals surface area contributed by atoms with Crippen LogP contribution in [0.5, 0.6) is 5.75 Å². The van der Waals surface area contributed by atoms with Gasteiger partial charge >= 0.3 is 12.1 Å². The second kappa shape index (κ2) is 20.3. The number of aromatic nitrogens is 1. The molecular formula is C47H60N6O7. The van der Waals surface area contributed by atoms with E-state index in [2.05, 4.69) is 26.3 Å². The van der Waals surface area contributed by atoms with Crippen molar-refractivity contribution in [3.8, 4) is 17.0 Å². The Balaban J connectivity index is 1.41. The molecule has 0 radical (unpaired) electrons. The van der Waals surface area contributed by atoms with Gasteiger partial charge in [0.1, 0.15) is 5.75 Å². The molecule has 1 fully saturated rings. The van der Waals surface area contributed by atoms with E-state index in [1.807, 2.05) is 132 Å². The van der Waals surface area contributed by atoms with Gasteiger partial charge in [-0.3, -0.25) is 14.6 Å². The summed E-state index contributed by atoms with van der Waals surface area (Å²) in [5.74, 6) is -0.581. The Morgan fingerprint density at radius 3 is 2.22 bits per heavy atom. The zero-order valence-electron chi connectivity index (χ0n) is 35.5. The van der Waals surface area contributed by atoms with Gasteiger partial charge in [-0.1, -0.05) is 107 Å². The van der Waals surface area contributed by atoms with Gasteiger partial charge in [0.2, 0.25) is 11.8 Å². The van der Waals surface area contributed by atoms with Gasteiger partial charge in [-0.15, -0.1) is 0 Å². The van der Waals surface area contributed by atoms with Gasteiger partial charge in [0, 0.05) is 43.9 Å². The minimum Gasteiger partial charge on any atom is -0.497 e. The first-order chi connectivity index (χ1) is 28.5. The molecular weight excluding hydrogens is 761 g/mol. The third-order valence-electron chi connectivity index (χ3n) is 10.9. The molecule has 5 amide bonds. The summed E-state index contributed by atoms with van der Waals surface area (Å²) < 4.78 is 5.42. The van der Waals surface area contributed by atoms with Crippen molar-refractivity contribution < 1.29 is 34.1 Å². The predicted molar refractivity (Wildman–Crippen MR) is 231 cm³/mol. The smallest absolute Gasteiger partial charge is 0.404 e. The molecule has 320 valence electrons. The molecule has 1 saturated heterocycles. The Morgan fingerprint density at radius 2 is 1.57 bits per heavy atom. The van der Waals surface area contributed by atoms with Crippen LogP contribution in [-0.2, 0) is 29.0 Å². The van der Waals surface area contributed by atoms with Crippen LogP contribution < -0.4 is 26.0 Å². The number of hydrogen-bond acceptors (Lipinski definition) is 7. The van der Waals surface area contributed by atoms with Crippen molar-refractivity contribution in [3.63, 3.8) is 0 Å². The van der Waals surface area contributed by atoms with E-state index >= 15 is 0 Å². The number of nitrogens with one attached hydrogen (secondary N) is 4. The first-order valence-corrected chi connectivity index (χ1v) is 20.5. The maximum atomic E-state index is 14.7. The third-order valence-corrected chi connectivity index (χ3v) is 10.9. The van der Waals surface area contributed by atoms with Crippen molar-refractivity contribution in [2.24, 2.45) is 16.7 Å². The fraction of sp³-hybridized carbons (Fsp3) is 0.426. The number of benzene rings is 3. The van der Waals surface area contributed by atoms with Gasteiger partial charge in [0.25, 0.3) is 0 Å².